The smallest absolute Gasteiger partial charge is 0.0781 e. The molecule has 1 atom stereocenters. The van der Waals surface area contributed by atoms with Gasteiger partial charge in [0.15, 0.2) is 0 Å². The van der Waals surface area contributed by atoms with Gasteiger partial charge in [-0.3, -0.25) is 0 Å². The van der Waals surface area contributed by atoms with Crippen LogP contribution in [0.5, 0.6) is 0 Å². The first-order valence-electron chi connectivity index (χ1n) is 6.44. The molecule has 0 amide bonds. The molecule has 0 spiro atoms. The molecule has 0 aliphatic heterocycles. The molecule has 3 aromatic rings. The molecule has 3 N–H and O–H groups in total. The monoisotopic (exact) mass is 346 g/mol. The number of nitrogens with one attached hydrogen (secondary N) is 1. The van der Waals surface area contributed by atoms with Crippen LogP contribution in [0.1, 0.15) is 18.5 Å². The Kier molecular flexibility index (Phi) is 3.87. The quantitative estimate of drug-likeness (QED) is 0.692. The van der Waals surface area contributed by atoms with Crippen molar-refractivity contribution in [2.75, 3.05) is 0 Å². The number of hydrogen-bond acceptors (Lipinski definition) is 2. The van der Waals surface area contributed by atoms with Gasteiger partial charge in [-0.05, 0) is 52.7 Å². The molecule has 1 heterocycles. The van der Waals surface area contributed by atoms with Crippen LogP contribution >= 0.6 is 27.7 Å². The van der Waals surface area contributed by atoms with E-state index < -0.39 is 0 Å². The SMILES string of the molecule is CC(N)c1ccc(Sc2cc3ccccc3[nH]2)c(Br)c1. The van der Waals surface area contributed by atoms with Crippen molar-refractivity contribution in [2.24, 2.45) is 5.73 Å². The summed E-state index contributed by atoms with van der Waals surface area (Å²) in [6, 6.07) is 16.8. The number of halogens is 1. The van der Waals surface area contributed by atoms with Gasteiger partial charge in [0.25, 0.3) is 0 Å². The van der Waals surface area contributed by atoms with Gasteiger partial charge in [-0.25, -0.2) is 0 Å². The van der Waals surface area contributed by atoms with Gasteiger partial charge in [-0.2, -0.15) is 0 Å². The molecule has 0 radical (unpaired) electrons. The lowest BCUT2D eigenvalue weighted by molar-refractivity contribution is 0.815. The van der Waals surface area contributed by atoms with Crippen molar-refractivity contribution in [1.29, 1.82) is 0 Å². The van der Waals surface area contributed by atoms with Crippen molar-refractivity contribution < 1.29 is 0 Å². The van der Waals surface area contributed by atoms with Crippen molar-refractivity contribution in [3.8, 4) is 0 Å². The minimum absolute atomic E-state index is 0.0541. The minimum Gasteiger partial charge on any atom is -0.349 e. The van der Waals surface area contributed by atoms with Crippen molar-refractivity contribution in [2.45, 2.75) is 22.9 Å². The number of para-hydroxylation sites is 1. The number of benzene rings is 2. The third-order valence-electron chi connectivity index (χ3n) is 3.21. The summed E-state index contributed by atoms with van der Waals surface area (Å²) < 4.78 is 1.08. The van der Waals surface area contributed by atoms with E-state index in [1.807, 2.05) is 13.0 Å². The first-order chi connectivity index (χ1) is 9.63. The molecule has 0 aliphatic rings. The molecule has 0 saturated heterocycles. The highest BCUT2D eigenvalue weighted by Crippen LogP contribution is 2.35. The van der Waals surface area contributed by atoms with E-state index in [0.29, 0.717) is 0 Å². The van der Waals surface area contributed by atoms with Crippen molar-refractivity contribution in [3.63, 3.8) is 0 Å². The van der Waals surface area contributed by atoms with E-state index in [0.717, 1.165) is 15.1 Å². The zero-order chi connectivity index (χ0) is 14.1. The van der Waals surface area contributed by atoms with Gasteiger partial charge >= 0.3 is 0 Å². The van der Waals surface area contributed by atoms with Crippen molar-refractivity contribution in [3.05, 3.63) is 58.6 Å². The predicted octanol–water partition coefficient (Wildman–Crippen LogP) is 5.10. The summed E-state index contributed by atoms with van der Waals surface area (Å²) in [6.45, 7) is 1.99. The zero-order valence-electron chi connectivity index (χ0n) is 11.1. The number of nitrogens with two attached hydrogens (primary N) is 1. The third-order valence-corrected chi connectivity index (χ3v) is 5.14. The van der Waals surface area contributed by atoms with Crippen molar-refractivity contribution in [1.82, 2.24) is 4.98 Å². The number of rotatable bonds is 3. The fourth-order valence-electron chi connectivity index (χ4n) is 2.10. The maximum Gasteiger partial charge on any atom is 0.0781 e. The second kappa shape index (κ2) is 5.64. The highest BCUT2D eigenvalue weighted by atomic mass is 79.9. The zero-order valence-corrected chi connectivity index (χ0v) is 13.5. The van der Waals surface area contributed by atoms with E-state index in [2.05, 4.69) is 63.4 Å². The van der Waals surface area contributed by atoms with Crippen LogP contribution in [-0.2, 0) is 0 Å². The lowest BCUT2D eigenvalue weighted by Crippen LogP contribution is -2.04. The standard InChI is InChI=1S/C16H15BrN2S/c1-10(18)11-6-7-15(13(17)8-11)20-16-9-12-4-2-3-5-14(12)19-16/h2-10,19H,18H2,1H3. The molecule has 2 aromatic carbocycles. The van der Waals surface area contributed by atoms with Gasteiger partial charge in [0.05, 0.1) is 5.03 Å². The summed E-state index contributed by atoms with van der Waals surface area (Å²) in [5, 5.41) is 2.37. The van der Waals surface area contributed by atoms with Gasteiger partial charge in [0.2, 0.25) is 0 Å². The summed E-state index contributed by atoms with van der Waals surface area (Å²) in [5.41, 5.74) is 8.20. The molecule has 20 heavy (non-hydrogen) atoms. The summed E-state index contributed by atoms with van der Waals surface area (Å²) in [5.74, 6) is 0. The van der Waals surface area contributed by atoms with Crippen LogP contribution in [0.15, 0.2) is 62.9 Å². The highest BCUT2D eigenvalue weighted by molar-refractivity contribution is 9.10. The number of aromatic nitrogens is 1. The van der Waals surface area contributed by atoms with Gasteiger partial charge in [0.1, 0.15) is 0 Å². The molecule has 0 fully saturated rings. The van der Waals surface area contributed by atoms with E-state index in [1.165, 1.54) is 15.8 Å². The van der Waals surface area contributed by atoms with Crippen LogP contribution in [0.2, 0.25) is 0 Å². The molecular formula is C16H15BrN2S. The molecule has 0 aliphatic carbocycles. The van der Waals surface area contributed by atoms with Crippen LogP contribution < -0.4 is 5.73 Å². The minimum atomic E-state index is 0.0541. The number of fused-ring (bicyclic) bond motifs is 1. The van der Waals surface area contributed by atoms with Crippen LogP contribution in [-0.4, -0.2) is 4.98 Å². The average Bonchev–Trinajstić information content (AvgIpc) is 2.83. The Morgan fingerprint density at radius 3 is 2.65 bits per heavy atom. The Hall–Kier alpha value is -1.23. The third kappa shape index (κ3) is 2.77. The average molecular weight is 347 g/mol. The maximum absolute atomic E-state index is 5.90. The van der Waals surface area contributed by atoms with Crippen molar-refractivity contribution >= 4 is 38.6 Å². The molecule has 4 heteroatoms. The predicted molar refractivity (Wildman–Crippen MR) is 89.2 cm³/mol. The van der Waals surface area contributed by atoms with E-state index in [-0.39, 0.29) is 6.04 Å². The molecule has 102 valence electrons. The lowest BCUT2D eigenvalue weighted by atomic mass is 10.1. The first kappa shape index (κ1) is 13.7. The maximum atomic E-state index is 5.90. The Labute approximate surface area is 130 Å². The summed E-state index contributed by atoms with van der Waals surface area (Å²) >= 11 is 5.34. The fraction of sp³-hybridized carbons (Fsp3) is 0.125. The molecular weight excluding hydrogens is 332 g/mol. The highest BCUT2D eigenvalue weighted by Gasteiger charge is 2.08. The van der Waals surface area contributed by atoms with E-state index in [1.54, 1.807) is 11.8 Å². The van der Waals surface area contributed by atoms with Gasteiger partial charge in [-0.1, -0.05) is 36.0 Å². The van der Waals surface area contributed by atoms with Crippen LogP contribution in [0.3, 0.4) is 0 Å². The molecule has 0 saturated carbocycles. The van der Waals surface area contributed by atoms with Gasteiger partial charge < -0.3 is 10.7 Å². The van der Waals surface area contributed by atoms with Crippen LogP contribution in [0.25, 0.3) is 10.9 Å². The summed E-state index contributed by atoms with van der Waals surface area (Å²) in [7, 11) is 0. The summed E-state index contributed by atoms with van der Waals surface area (Å²) in [4.78, 5) is 4.61. The molecule has 2 nitrogen and oxygen atoms in total. The fourth-order valence-corrected chi connectivity index (χ4v) is 3.62. The molecule has 0 bridgehead atoms. The Bertz CT molecular complexity index is 716. The van der Waals surface area contributed by atoms with E-state index in [9.17, 15) is 0 Å². The first-order valence-corrected chi connectivity index (χ1v) is 8.05. The van der Waals surface area contributed by atoms with E-state index >= 15 is 0 Å². The van der Waals surface area contributed by atoms with Gasteiger partial charge in [-0.15, -0.1) is 0 Å². The topological polar surface area (TPSA) is 41.8 Å². The molecule has 3 rings (SSSR count). The van der Waals surface area contributed by atoms with Crippen LogP contribution in [0, 0.1) is 0 Å². The Morgan fingerprint density at radius 1 is 1.15 bits per heavy atom. The van der Waals surface area contributed by atoms with Crippen LogP contribution in [0.4, 0.5) is 0 Å². The molecule has 1 unspecified atom stereocenters. The summed E-state index contributed by atoms with van der Waals surface area (Å²) in [6.07, 6.45) is 0. The second-order valence-electron chi connectivity index (χ2n) is 4.80. The number of hydrogen-bond donors (Lipinski definition) is 2. The Balaban J connectivity index is 1.90. The number of aromatic amines is 1. The number of H-pyrrole nitrogens is 1. The lowest BCUT2D eigenvalue weighted by Gasteiger charge is -2.08. The normalized spacial score (nSPS) is 12.8. The molecule has 1 aromatic heterocycles. The Morgan fingerprint density at radius 2 is 1.95 bits per heavy atom. The second-order valence-corrected chi connectivity index (χ2v) is 6.74. The largest absolute Gasteiger partial charge is 0.349 e. The van der Waals surface area contributed by atoms with E-state index in [4.69, 9.17) is 5.73 Å². The van der Waals surface area contributed by atoms with Gasteiger partial charge in [0, 0.05) is 26.3 Å².